The van der Waals surface area contributed by atoms with Crippen LogP contribution < -0.4 is 0 Å². The van der Waals surface area contributed by atoms with Crippen molar-refractivity contribution in [1.29, 1.82) is 0 Å². The van der Waals surface area contributed by atoms with Crippen LogP contribution in [-0.4, -0.2) is 0 Å². The Hall–Kier alpha value is -6.38. The third-order valence-electron chi connectivity index (χ3n) is 10.8. The lowest BCUT2D eigenvalue weighted by Crippen LogP contribution is -2.06. The van der Waals surface area contributed by atoms with Crippen LogP contribution in [-0.2, 0) is 12.8 Å². The van der Waals surface area contributed by atoms with Crippen LogP contribution in [0, 0.1) is 0 Å². The van der Waals surface area contributed by atoms with Crippen LogP contribution in [0.5, 0.6) is 0 Å². The van der Waals surface area contributed by atoms with Crippen LogP contribution in [0.4, 0.5) is 0 Å². The highest BCUT2D eigenvalue weighted by Crippen LogP contribution is 2.52. The van der Waals surface area contributed by atoms with Gasteiger partial charge in [0.1, 0.15) is 22.3 Å². The predicted octanol–water partition coefficient (Wildman–Crippen LogP) is 13.4. The molecule has 234 valence electrons. The molecule has 0 amide bonds. The summed E-state index contributed by atoms with van der Waals surface area (Å²) in [5.41, 5.74) is 16.0. The molecule has 8 aromatic carbocycles. The first-order valence-electron chi connectivity index (χ1n) is 17.4. The van der Waals surface area contributed by atoms with Gasteiger partial charge in [0.05, 0.1) is 0 Å². The third-order valence-corrected chi connectivity index (χ3v) is 10.8. The van der Waals surface area contributed by atoms with Gasteiger partial charge in [-0.2, -0.15) is 0 Å². The van der Waals surface area contributed by atoms with E-state index in [1.54, 1.807) is 0 Å². The molecule has 0 aliphatic heterocycles. The first kappa shape index (κ1) is 27.6. The van der Waals surface area contributed by atoms with Crippen LogP contribution in [0.3, 0.4) is 0 Å². The fourth-order valence-corrected chi connectivity index (χ4v) is 8.58. The highest BCUT2D eigenvalue weighted by Gasteiger charge is 2.30. The molecular weight excluding hydrogens is 609 g/mol. The molecule has 0 spiro atoms. The Morgan fingerprint density at radius 2 is 0.820 bits per heavy atom. The Kier molecular flexibility index (Phi) is 5.82. The lowest BCUT2D eigenvalue weighted by atomic mass is 9.79. The Labute approximate surface area is 288 Å². The van der Waals surface area contributed by atoms with E-state index in [4.69, 9.17) is 8.83 Å². The van der Waals surface area contributed by atoms with E-state index in [2.05, 4.69) is 158 Å². The highest BCUT2D eigenvalue weighted by atomic mass is 16.3. The molecule has 10 aromatic rings. The second kappa shape index (κ2) is 10.6. The maximum atomic E-state index is 7.00. The largest absolute Gasteiger partial charge is 0.455 e. The van der Waals surface area contributed by atoms with Gasteiger partial charge in [-0.05, 0) is 86.8 Å². The van der Waals surface area contributed by atoms with Crippen molar-refractivity contribution in [3.05, 3.63) is 169 Å². The minimum atomic E-state index is 0.905. The van der Waals surface area contributed by atoms with Gasteiger partial charge in [0, 0.05) is 38.2 Å². The van der Waals surface area contributed by atoms with Crippen molar-refractivity contribution in [1.82, 2.24) is 0 Å². The molecule has 0 saturated heterocycles. The van der Waals surface area contributed by atoms with Gasteiger partial charge in [-0.15, -0.1) is 0 Å². The number of rotatable bonds is 3. The lowest BCUT2D eigenvalue weighted by molar-refractivity contribution is 0.668. The first-order valence-corrected chi connectivity index (χ1v) is 17.4. The van der Waals surface area contributed by atoms with Crippen molar-refractivity contribution >= 4 is 54.6 Å². The SMILES string of the molecule is c1ccc(-c2ccc(-c3cc4c(c5oc6ccccc6c35)-c3c(cc(-c5ccccc5)c5oc6ccccc6c35)CC4)c3ccccc23)cc1. The van der Waals surface area contributed by atoms with E-state index in [1.807, 2.05) is 0 Å². The van der Waals surface area contributed by atoms with Crippen molar-refractivity contribution in [3.63, 3.8) is 0 Å². The molecule has 11 rings (SSSR count). The number of hydrogen-bond donors (Lipinski definition) is 0. The van der Waals surface area contributed by atoms with Gasteiger partial charge in [-0.3, -0.25) is 0 Å². The Morgan fingerprint density at radius 1 is 0.340 bits per heavy atom. The molecule has 0 unspecified atom stereocenters. The molecule has 1 aliphatic rings. The van der Waals surface area contributed by atoms with Crippen molar-refractivity contribution in [3.8, 4) is 44.5 Å². The molecule has 2 aromatic heterocycles. The van der Waals surface area contributed by atoms with Gasteiger partial charge in [0.25, 0.3) is 0 Å². The van der Waals surface area contributed by atoms with E-state index in [0.29, 0.717) is 0 Å². The molecule has 2 heteroatoms. The van der Waals surface area contributed by atoms with E-state index in [9.17, 15) is 0 Å². The fourth-order valence-electron chi connectivity index (χ4n) is 8.58. The maximum absolute atomic E-state index is 7.00. The Bertz CT molecular complexity index is 2960. The quantitative estimate of drug-likeness (QED) is 0.192. The van der Waals surface area contributed by atoms with Crippen LogP contribution in [0.1, 0.15) is 11.1 Å². The Balaban J connectivity index is 1.26. The first-order chi connectivity index (χ1) is 24.8. The second-order valence-electron chi connectivity index (χ2n) is 13.5. The summed E-state index contributed by atoms with van der Waals surface area (Å²) in [5, 5.41) is 7.11. The summed E-state index contributed by atoms with van der Waals surface area (Å²) in [6.45, 7) is 0. The highest BCUT2D eigenvalue weighted by molar-refractivity contribution is 6.24. The van der Waals surface area contributed by atoms with Gasteiger partial charge in [0.2, 0.25) is 0 Å². The van der Waals surface area contributed by atoms with Gasteiger partial charge in [-0.25, -0.2) is 0 Å². The van der Waals surface area contributed by atoms with Crippen LogP contribution in [0.15, 0.2) is 167 Å². The van der Waals surface area contributed by atoms with Crippen LogP contribution in [0.25, 0.3) is 99.2 Å². The molecule has 0 atom stereocenters. The van der Waals surface area contributed by atoms with Crippen molar-refractivity contribution in [2.45, 2.75) is 12.8 Å². The zero-order valence-corrected chi connectivity index (χ0v) is 27.2. The standard InChI is InChI=1S/C48H30O2/c1-3-13-29(14-4-1)33-25-26-36(35-18-8-7-17-34(33)35)40-28-32-24-23-31-27-39(30-15-5-2-6-16-30)47-46(38-20-10-12-22-42(38)49-47)43(31)44(32)48-45(40)37-19-9-11-21-41(37)50-48/h1-22,25-28H,23-24H2. The van der Waals surface area contributed by atoms with Gasteiger partial charge in [0.15, 0.2) is 0 Å². The van der Waals surface area contributed by atoms with E-state index in [0.717, 1.165) is 56.9 Å². The summed E-state index contributed by atoms with van der Waals surface area (Å²) < 4.78 is 13.7. The van der Waals surface area contributed by atoms with Crippen LogP contribution in [0.2, 0.25) is 0 Å². The van der Waals surface area contributed by atoms with E-state index < -0.39 is 0 Å². The van der Waals surface area contributed by atoms with E-state index >= 15 is 0 Å². The van der Waals surface area contributed by atoms with Crippen LogP contribution >= 0.6 is 0 Å². The zero-order chi connectivity index (χ0) is 32.8. The summed E-state index contributed by atoms with van der Waals surface area (Å²) in [4.78, 5) is 0. The van der Waals surface area contributed by atoms with Crippen molar-refractivity contribution < 1.29 is 8.83 Å². The predicted molar refractivity (Wildman–Crippen MR) is 208 cm³/mol. The summed E-state index contributed by atoms with van der Waals surface area (Å²) in [7, 11) is 0. The van der Waals surface area contributed by atoms with E-state index in [1.165, 1.54) is 66.2 Å². The molecule has 0 bridgehead atoms. The van der Waals surface area contributed by atoms with Crippen molar-refractivity contribution in [2.75, 3.05) is 0 Å². The van der Waals surface area contributed by atoms with Gasteiger partial charge >= 0.3 is 0 Å². The minimum absolute atomic E-state index is 0.905. The number of hydrogen-bond acceptors (Lipinski definition) is 2. The van der Waals surface area contributed by atoms with Crippen molar-refractivity contribution in [2.24, 2.45) is 0 Å². The molecule has 1 aliphatic carbocycles. The molecule has 0 fully saturated rings. The van der Waals surface area contributed by atoms with Gasteiger partial charge in [-0.1, -0.05) is 133 Å². The van der Waals surface area contributed by atoms with Gasteiger partial charge < -0.3 is 8.83 Å². The monoisotopic (exact) mass is 638 g/mol. The molecule has 0 radical (unpaired) electrons. The smallest absolute Gasteiger partial charge is 0.144 e. The average Bonchev–Trinajstić information content (AvgIpc) is 3.77. The number of aryl methyl sites for hydroxylation is 2. The maximum Gasteiger partial charge on any atom is 0.144 e. The topological polar surface area (TPSA) is 26.3 Å². The fraction of sp³-hybridized carbons (Fsp3) is 0.0417. The number of furan rings is 2. The summed E-state index contributed by atoms with van der Waals surface area (Å²) in [6.07, 6.45) is 1.87. The number of para-hydroxylation sites is 2. The molecule has 2 heterocycles. The summed E-state index contributed by atoms with van der Waals surface area (Å²) in [6, 6.07) is 56.6. The molecule has 0 N–H and O–H groups in total. The van der Waals surface area contributed by atoms with E-state index in [-0.39, 0.29) is 0 Å². The summed E-state index contributed by atoms with van der Waals surface area (Å²) in [5.74, 6) is 0. The average molecular weight is 639 g/mol. The third kappa shape index (κ3) is 3.90. The molecule has 2 nitrogen and oxygen atoms in total. The minimum Gasteiger partial charge on any atom is -0.455 e. The lowest BCUT2D eigenvalue weighted by Gasteiger charge is -2.24. The molecule has 50 heavy (non-hydrogen) atoms. The molecule has 0 saturated carbocycles. The second-order valence-corrected chi connectivity index (χ2v) is 13.5. The molecular formula is C48H30O2. The normalized spacial score (nSPS) is 12.6. The number of benzene rings is 8. The number of fused-ring (bicyclic) bond motifs is 12. The zero-order valence-electron chi connectivity index (χ0n) is 27.2. The Morgan fingerprint density at radius 3 is 1.50 bits per heavy atom. The summed E-state index contributed by atoms with van der Waals surface area (Å²) >= 11 is 0.